The van der Waals surface area contributed by atoms with Crippen molar-refractivity contribution in [1.29, 1.82) is 0 Å². The van der Waals surface area contributed by atoms with Crippen LogP contribution in [0.3, 0.4) is 0 Å². The minimum absolute atomic E-state index is 0.00669. The number of hydrogen-bond acceptors (Lipinski definition) is 3. The smallest absolute Gasteiger partial charge is 0.255 e. The third-order valence-electron chi connectivity index (χ3n) is 4.62. The van der Waals surface area contributed by atoms with E-state index in [1.807, 2.05) is 17.0 Å². The van der Waals surface area contributed by atoms with Crippen LogP contribution in [0.5, 0.6) is 0 Å². The summed E-state index contributed by atoms with van der Waals surface area (Å²) < 4.78 is 0. The number of carbonyl (C=O) groups excluding carboxylic acids is 1. The van der Waals surface area contributed by atoms with Crippen LogP contribution >= 0.6 is 11.6 Å². The van der Waals surface area contributed by atoms with Crippen molar-refractivity contribution >= 4 is 17.5 Å². The molecule has 0 bridgehead atoms. The zero-order chi connectivity index (χ0) is 14.8. The summed E-state index contributed by atoms with van der Waals surface area (Å²) in [6.07, 6.45) is 2.88. The van der Waals surface area contributed by atoms with Crippen molar-refractivity contribution in [3.63, 3.8) is 0 Å². The van der Waals surface area contributed by atoms with Gasteiger partial charge in [-0.2, -0.15) is 0 Å². The fourth-order valence-electron chi connectivity index (χ4n) is 3.41. The number of aliphatic hydroxyl groups is 1. The molecular weight excluding hydrogens is 288 g/mol. The standard InChI is InChI=1S/C16H21ClN2O2/c17-13-5-2-1-4-12(13)16(21)19-10-8-18(9-11-19)14-6-3-7-15(14)20/h1-2,4-5,14-15,20H,3,6-11H2/t14-,15+/m0/s1. The normalized spacial score (nSPS) is 27.0. The first-order valence-electron chi connectivity index (χ1n) is 7.63. The lowest BCUT2D eigenvalue weighted by Gasteiger charge is -2.39. The number of hydrogen-bond donors (Lipinski definition) is 1. The highest BCUT2D eigenvalue weighted by Gasteiger charge is 2.33. The summed E-state index contributed by atoms with van der Waals surface area (Å²) in [5, 5.41) is 10.5. The Morgan fingerprint density at radius 1 is 1.14 bits per heavy atom. The van der Waals surface area contributed by atoms with Crippen LogP contribution < -0.4 is 0 Å². The number of halogens is 1. The highest BCUT2D eigenvalue weighted by molar-refractivity contribution is 6.33. The summed E-state index contributed by atoms with van der Waals surface area (Å²) >= 11 is 6.10. The van der Waals surface area contributed by atoms with Crippen LogP contribution in [0.1, 0.15) is 29.6 Å². The van der Waals surface area contributed by atoms with E-state index in [0.717, 1.165) is 32.4 Å². The van der Waals surface area contributed by atoms with E-state index in [9.17, 15) is 9.90 Å². The van der Waals surface area contributed by atoms with Gasteiger partial charge < -0.3 is 10.0 Å². The average Bonchev–Trinajstić information content (AvgIpc) is 2.93. The van der Waals surface area contributed by atoms with E-state index in [1.54, 1.807) is 12.1 Å². The molecule has 1 aliphatic heterocycles. The topological polar surface area (TPSA) is 43.8 Å². The minimum Gasteiger partial charge on any atom is -0.391 e. The molecule has 4 nitrogen and oxygen atoms in total. The van der Waals surface area contributed by atoms with Crippen molar-refractivity contribution in [2.24, 2.45) is 0 Å². The van der Waals surface area contributed by atoms with Gasteiger partial charge in [0, 0.05) is 32.2 Å². The van der Waals surface area contributed by atoms with Gasteiger partial charge in [-0.3, -0.25) is 9.69 Å². The molecule has 2 fully saturated rings. The molecule has 0 unspecified atom stereocenters. The van der Waals surface area contributed by atoms with Gasteiger partial charge in [0.05, 0.1) is 16.7 Å². The van der Waals surface area contributed by atoms with Crippen LogP contribution in [-0.4, -0.2) is 59.1 Å². The number of benzene rings is 1. The molecule has 5 heteroatoms. The van der Waals surface area contributed by atoms with Crippen LogP contribution in [0.15, 0.2) is 24.3 Å². The highest BCUT2D eigenvalue weighted by Crippen LogP contribution is 2.25. The van der Waals surface area contributed by atoms with E-state index in [2.05, 4.69) is 4.90 Å². The van der Waals surface area contributed by atoms with Gasteiger partial charge in [0.1, 0.15) is 0 Å². The van der Waals surface area contributed by atoms with Crippen LogP contribution in [0, 0.1) is 0 Å². The van der Waals surface area contributed by atoms with Gasteiger partial charge in [0.15, 0.2) is 0 Å². The van der Waals surface area contributed by atoms with Gasteiger partial charge in [-0.15, -0.1) is 0 Å². The molecule has 21 heavy (non-hydrogen) atoms. The van der Waals surface area contributed by atoms with E-state index < -0.39 is 0 Å². The second-order valence-electron chi connectivity index (χ2n) is 5.87. The van der Waals surface area contributed by atoms with Gasteiger partial charge in [-0.05, 0) is 31.4 Å². The molecule has 2 aliphatic rings. The Morgan fingerprint density at radius 3 is 2.48 bits per heavy atom. The summed E-state index contributed by atoms with van der Waals surface area (Å²) in [5.41, 5.74) is 0.577. The van der Waals surface area contributed by atoms with Gasteiger partial charge in [0.2, 0.25) is 0 Å². The molecule has 1 aromatic carbocycles. The molecule has 1 N–H and O–H groups in total. The minimum atomic E-state index is -0.198. The molecule has 1 heterocycles. The molecule has 1 saturated carbocycles. The molecule has 1 saturated heterocycles. The van der Waals surface area contributed by atoms with Crippen LogP contribution in [0.4, 0.5) is 0 Å². The van der Waals surface area contributed by atoms with Gasteiger partial charge in [-0.25, -0.2) is 0 Å². The third kappa shape index (κ3) is 3.07. The number of carbonyl (C=O) groups is 1. The van der Waals surface area contributed by atoms with E-state index in [4.69, 9.17) is 11.6 Å². The van der Waals surface area contributed by atoms with Crippen LogP contribution in [-0.2, 0) is 0 Å². The molecule has 3 rings (SSSR count). The van der Waals surface area contributed by atoms with E-state index in [-0.39, 0.29) is 18.1 Å². The second kappa shape index (κ2) is 6.34. The molecule has 0 aromatic heterocycles. The lowest BCUT2D eigenvalue weighted by atomic mass is 10.1. The Morgan fingerprint density at radius 2 is 1.86 bits per heavy atom. The Balaban J connectivity index is 1.61. The molecule has 2 atom stereocenters. The van der Waals surface area contributed by atoms with Crippen molar-refractivity contribution in [3.05, 3.63) is 34.9 Å². The Bertz CT molecular complexity index is 515. The Hall–Kier alpha value is -1.10. The maximum Gasteiger partial charge on any atom is 0.255 e. The van der Waals surface area contributed by atoms with Crippen LogP contribution in [0.2, 0.25) is 5.02 Å². The Labute approximate surface area is 130 Å². The number of piperazine rings is 1. The Kier molecular flexibility index (Phi) is 4.48. The summed E-state index contributed by atoms with van der Waals surface area (Å²) in [6, 6.07) is 7.48. The quantitative estimate of drug-likeness (QED) is 0.909. The zero-order valence-corrected chi connectivity index (χ0v) is 12.8. The molecule has 0 spiro atoms. The van der Waals surface area contributed by atoms with E-state index >= 15 is 0 Å². The summed E-state index contributed by atoms with van der Waals surface area (Å²) in [7, 11) is 0. The molecular formula is C16H21ClN2O2. The fraction of sp³-hybridized carbons (Fsp3) is 0.562. The van der Waals surface area contributed by atoms with Gasteiger partial charge in [0.25, 0.3) is 5.91 Å². The molecule has 1 amide bonds. The summed E-state index contributed by atoms with van der Waals surface area (Å²) in [6.45, 7) is 3.07. The lowest BCUT2D eigenvalue weighted by Crippen LogP contribution is -2.53. The van der Waals surface area contributed by atoms with Gasteiger partial charge in [-0.1, -0.05) is 23.7 Å². The monoisotopic (exact) mass is 308 g/mol. The van der Waals surface area contributed by atoms with Crippen molar-refractivity contribution in [3.8, 4) is 0 Å². The maximum absolute atomic E-state index is 12.5. The predicted molar refractivity (Wildman–Crippen MR) is 82.6 cm³/mol. The molecule has 1 aromatic rings. The molecule has 0 radical (unpaired) electrons. The number of amides is 1. The number of rotatable bonds is 2. The van der Waals surface area contributed by atoms with Crippen molar-refractivity contribution in [2.45, 2.75) is 31.4 Å². The lowest BCUT2D eigenvalue weighted by molar-refractivity contribution is 0.0316. The number of aliphatic hydroxyl groups excluding tert-OH is 1. The second-order valence-corrected chi connectivity index (χ2v) is 6.28. The summed E-state index contributed by atoms with van der Waals surface area (Å²) in [4.78, 5) is 16.7. The van der Waals surface area contributed by atoms with Crippen molar-refractivity contribution < 1.29 is 9.90 Å². The number of nitrogens with zero attached hydrogens (tertiary/aromatic N) is 2. The van der Waals surface area contributed by atoms with Gasteiger partial charge >= 0.3 is 0 Å². The first-order valence-corrected chi connectivity index (χ1v) is 8.00. The molecule has 1 aliphatic carbocycles. The van der Waals surface area contributed by atoms with E-state index in [1.165, 1.54) is 0 Å². The highest BCUT2D eigenvalue weighted by atomic mass is 35.5. The average molecular weight is 309 g/mol. The van der Waals surface area contributed by atoms with E-state index in [0.29, 0.717) is 23.7 Å². The van der Waals surface area contributed by atoms with Crippen LogP contribution in [0.25, 0.3) is 0 Å². The first kappa shape index (κ1) is 14.8. The van der Waals surface area contributed by atoms with Crippen molar-refractivity contribution in [2.75, 3.05) is 26.2 Å². The summed E-state index contributed by atoms with van der Waals surface area (Å²) in [5.74, 6) is 0.00669. The first-order chi connectivity index (χ1) is 10.2. The third-order valence-corrected chi connectivity index (χ3v) is 4.95. The SMILES string of the molecule is O=C(c1ccccc1Cl)N1CCN([C@H]2CCC[C@H]2O)CC1. The molecule has 114 valence electrons. The fourth-order valence-corrected chi connectivity index (χ4v) is 3.63. The largest absolute Gasteiger partial charge is 0.391 e. The zero-order valence-electron chi connectivity index (χ0n) is 12.0. The predicted octanol–water partition coefficient (Wildman–Crippen LogP) is 2.01. The maximum atomic E-state index is 12.5. The van der Waals surface area contributed by atoms with Crippen molar-refractivity contribution in [1.82, 2.24) is 9.80 Å².